The first-order chi connectivity index (χ1) is 13.2. The predicted molar refractivity (Wildman–Crippen MR) is 98.8 cm³/mol. The fourth-order valence-electron chi connectivity index (χ4n) is 4.09. The highest BCUT2D eigenvalue weighted by Crippen LogP contribution is 2.40. The van der Waals surface area contributed by atoms with Crippen LogP contribution in [0.3, 0.4) is 0 Å². The van der Waals surface area contributed by atoms with Crippen LogP contribution in [0.1, 0.15) is 30.9 Å². The highest BCUT2D eigenvalue weighted by molar-refractivity contribution is 5.94. The van der Waals surface area contributed by atoms with Crippen molar-refractivity contribution in [3.05, 3.63) is 41.9 Å². The van der Waals surface area contributed by atoms with Crippen LogP contribution in [0.4, 0.5) is 15.9 Å². The molecule has 8 heteroatoms. The van der Waals surface area contributed by atoms with Crippen LogP contribution in [-0.2, 0) is 4.79 Å². The Hall–Kier alpha value is -2.87. The number of nitrogens with zero attached hydrogens (tertiary/aromatic N) is 3. The number of amides is 1. The zero-order valence-electron chi connectivity index (χ0n) is 14.7. The van der Waals surface area contributed by atoms with Crippen molar-refractivity contribution >= 4 is 23.6 Å². The number of fused-ring (bicyclic) bond motifs is 5. The van der Waals surface area contributed by atoms with Gasteiger partial charge in [0.25, 0.3) is 0 Å². The van der Waals surface area contributed by atoms with E-state index < -0.39 is 0 Å². The average molecular weight is 369 g/mol. The van der Waals surface area contributed by atoms with Gasteiger partial charge in [0.05, 0.1) is 19.2 Å². The number of benzene rings is 1. The first-order valence-corrected chi connectivity index (χ1v) is 9.19. The SMILES string of the molecule is O=C1CCOc2ccc(F)cc2[C@H]2CCCN2C2C=Cn3ncc(c3N2)N1. The molecule has 5 rings (SSSR count). The molecule has 7 nitrogen and oxygen atoms in total. The second-order valence-corrected chi connectivity index (χ2v) is 7.01. The lowest BCUT2D eigenvalue weighted by atomic mass is 10.0. The quantitative estimate of drug-likeness (QED) is 0.747. The molecule has 1 saturated heterocycles. The van der Waals surface area contributed by atoms with Crippen molar-refractivity contribution in [1.29, 1.82) is 0 Å². The van der Waals surface area contributed by atoms with E-state index in [1.165, 1.54) is 6.07 Å². The summed E-state index contributed by atoms with van der Waals surface area (Å²) in [5, 5.41) is 10.6. The van der Waals surface area contributed by atoms with E-state index in [9.17, 15) is 9.18 Å². The third-order valence-electron chi connectivity index (χ3n) is 5.33. The van der Waals surface area contributed by atoms with Crippen LogP contribution in [-0.4, -0.2) is 39.9 Å². The minimum atomic E-state index is -0.279. The van der Waals surface area contributed by atoms with Gasteiger partial charge in [0.15, 0.2) is 5.82 Å². The van der Waals surface area contributed by atoms with Gasteiger partial charge in [0.1, 0.15) is 23.4 Å². The standard InChI is InChI=1S/C19H20FN5O2/c20-12-3-4-16-13(10-12)15-2-1-7-24(15)17-5-8-25-19(23-17)14(11-21-25)22-18(26)6-9-27-16/h3-5,8,10-11,15,17,23H,1-2,6-7,9H2,(H,22,26)/t15-,17?/m1/s1. The zero-order chi connectivity index (χ0) is 18.4. The molecule has 3 aliphatic heterocycles. The Balaban J connectivity index is 1.58. The van der Waals surface area contributed by atoms with E-state index in [2.05, 4.69) is 20.6 Å². The van der Waals surface area contributed by atoms with Gasteiger partial charge in [-0.25, -0.2) is 9.07 Å². The van der Waals surface area contributed by atoms with Crippen molar-refractivity contribution in [2.45, 2.75) is 31.5 Å². The molecule has 2 aromatic rings. The highest BCUT2D eigenvalue weighted by Gasteiger charge is 2.35. The first kappa shape index (κ1) is 16.3. The van der Waals surface area contributed by atoms with Gasteiger partial charge < -0.3 is 15.4 Å². The van der Waals surface area contributed by atoms with E-state index in [-0.39, 0.29) is 37.0 Å². The minimum Gasteiger partial charge on any atom is -0.493 e. The number of ether oxygens (including phenoxy) is 1. The molecule has 0 radical (unpaired) electrons. The molecule has 3 aliphatic rings. The van der Waals surface area contributed by atoms with Crippen LogP contribution in [0.25, 0.3) is 6.20 Å². The topological polar surface area (TPSA) is 71.4 Å². The molecule has 1 fully saturated rings. The Labute approximate surface area is 155 Å². The number of nitrogens with one attached hydrogen (secondary N) is 2. The van der Waals surface area contributed by atoms with Crippen molar-refractivity contribution in [2.24, 2.45) is 0 Å². The monoisotopic (exact) mass is 369 g/mol. The van der Waals surface area contributed by atoms with Gasteiger partial charge in [-0.3, -0.25) is 9.69 Å². The van der Waals surface area contributed by atoms with E-state index >= 15 is 0 Å². The maximum atomic E-state index is 14.0. The number of carbonyl (C=O) groups is 1. The summed E-state index contributed by atoms with van der Waals surface area (Å²) < 4.78 is 21.6. The Bertz CT molecular complexity index is 925. The molecular formula is C19H20FN5O2. The van der Waals surface area contributed by atoms with Crippen molar-refractivity contribution in [3.8, 4) is 5.75 Å². The third kappa shape index (κ3) is 2.86. The lowest BCUT2D eigenvalue weighted by Gasteiger charge is -2.34. The molecule has 4 heterocycles. The molecule has 2 bridgehead atoms. The number of rotatable bonds is 0. The molecule has 140 valence electrons. The number of halogens is 1. The van der Waals surface area contributed by atoms with Crippen molar-refractivity contribution in [1.82, 2.24) is 14.7 Å². The Morgan fingerprint density at radius 2 is 2.26 bits per heavy atom. The Kier molecular flexibility index (Phi) is 3.86. The van der Waals surface area contributed by atoms with Gasteiger partial charge >= 0.3 is 0 Å². The summed E-state index contributed by atoms with van der Waals surface area (Å²) >= 11 is 0. The van der Waals surface area contributed by atoms with Crippen LogP contribution in [0.15, 0.2) is 30.5 Å². The summed E-state index contributed by atoms with van der Waals surface area (Å²) in [5.41, 5.74) is 1.48. The first-order valence-electron chi connectivity index (χ1n) is 9.19. The molecule has 27 heavy (non-hydrogen) atoms. The minimum absolute atomic E-state index is 0.0418. The maximum Gasteiger partial charge on any atom is 0.227 e. The molecule has 1 aromatic heterocycles. The highest BCUT2D eigenvalue weighted by atomic mass is 19.1. The van der Waals surface area contributed by atoms with E-state index in [0.29, 0.717) is 11.4 Å². The van der Waals surface area contributed by atoms with Gasteiger partial charge in [-0.15, -0.1) is 0 Å². The summed E-state index contributed by atoms with van der Waals surface area (Å²) in [4.78, 5) is 14.6. The van der Waals surface area contributed by atoms with Gasteiger partial charge in [0, 0.05) is 24.4 Å². The van der Waals surface area contributed by atoms with E-state index in [0.717, 1.165) is 30.8 Å². The van der Waals surface area contributed by atoms with Gasteiger partial charge in [-0.1, -0.05) is 0 Å². The zero-order valence-corrected chi connectivity index (χ0v) is 14.7. The number of hydrogen-bond acceptors (Lipinski definition) is 5. The summed E-state index contributed by atoms with van der Waals surface area (Å²) in [6.07, 6.45) is 7.64. The van der Waals surface area contributed by atoms with Gasteiger partial charge in [-0.2, -0.15) is 5.10 Å². The average Bonchev–Trinajstić information content (AvgIpc) is 3.29. The largest absolute Gasteiger partial charge is 0.493 e. The van der Waals surface area contributed by atoms with E-state index in [4.69, 9.17) is 4.74 Å². The Morgan fingerprint density at radius 1 is 1.33 bits per heavy atom. The van der Waals surface area contributed by atoms with Crippen LogP contribution in [0.2, 0.25) is 0 Å². The molecule has 1 amide bonds. The molecule has 1 unspecified atom stereocenters. The second-order valence-electron chi connectivity index (χ2n) is 7.01. The molecule has 2 N–H and O–H groups in total. The van der Waals surface area contributed by atoms with Gasteiger partial charge in [0.2, 0.25) is 5.91 Å². The lowest BCUT2D eigenvalue weighted by Crippen LogP contribution is -2.41. The maximum absolute atomic E-state index is 14.0. The Morgan fingerprint density at radius 3 is 3.19 bits per heavy atom. The molecular weight excluding hydrogens is 349 g/mol. The number of aromatic nitrogens is 2. The van der Waals surface area contributed by atoms with Crippen molar-refractivity contribution < 1.29 is 13.9 Å². The molecule has 0 spiro atoms. The normalized spacial score (nSPS) is 24.4. The summed E-state index contributed by atoms with van der Waals surface area (Å²) in [5.74, 6) is 0.964. The fourth-order valence-corrected chi connectivity index (χ4v) is 4.09. The van der Waals surface area contributed by atoms with Crippen LogP contribution >= 0.6 is 0 Å². The summed E-state index contributed by atoms with van der Waals surface area (Å²) in [6.45, 7) is 1.12. The predicted octanol–water partition coefficient (Wildman–Crippen LogP) is 2.80. The van der Waals surface area contributed by atoms with E-state index in [1.807, 2.05) is 12.3 Å². The van der Waals surface area contributed by atoms with E-state index in [1.54, 1.807) is 23.0 Å². The molecule has 1 aromatic carbocycles. The van der Waals surface area contributed by atoms with Gasteiger partial charge in [-0.05, 0) is 37.1 Å². The van der Waals surface area contributed by atoms with Crippen molar-refractivity contribution in [2.75, 3.05) is 23.8 Å². The molecule has 0 aliphatic carbocycles. The number of carbonyl (C=O) groups excluding carboxylic acids is 1. The van der Waals surface area contributed by atoms with Crippen LogP contribution < -0.4 is 15.4 Å². The smallest absolute Gasteiger partial charge is 0.227 e. The summed E-state index contributed by atoms with van der Waals surface area (Å²) in [7, 11) is 0. The fraction of sp³-hybridized carbons (Fsp3) is 0.368. The number of anilines is 2. The number of hydrogen-bond donors (Lipinski definition) is 2. The third-order valence-corrected chi connectivity index (χ3v) is 5.33. The second kappa shape index (κ2) is 6.38. The van der Waals surface area contributed by atoms with Crippen LogP contribution in [0.5, 0.6) is 5.75 Å². The lowest BCUT2D eigenvalue weighted by molar-refractivity contribution is -0.116. The molecule has 2 atom stereocenters. The summed E-state index contributed by atoms with van der Waals surface area (Å²) in [6, 6.07) is 4.66. The van der Waals surface area contributed by atoms with Crippen molar-refractivity contribution in [3.63, 3.8) is 0 Å². The van der Waals surface area contributed by atoms with Crippen LogP contribution in [0, 0.1) is 5.82 Å². The molecule has 0 saturated carbocycles.